The van der Waals surface area contributed by atoms with Gasteiger partial charge >= 0.3 is 0 Å². The molecule has 0 aromatic heterocycles. The van der Waals surface area contributed by atoms with Crippen LogP contribution >= 0.6 is 11.6 Å². The van der Waals surface area contributed by atoms with Gasteiger partial charge in [0.15, 0.2) is 0 Å². The molecule has 1 rings (SSSR count). The molecule has 0 unspecified atom stereocenters. The molecule has 0 fully saturated rings. The first-order chi connectivity index (χ1) is 7.13. The van der Waals surface area contributed by atoms with E-state index in [0.717, 1.165) is 5.12 Å². The fourth-order valence-corrected chi connectivity index (χ4v) is 0.923. The van der Waals surface area contributed by atoms with E-state index in [-0.39, 0.29) is 0 Å². The molecule has 4 heteroatoms. The second-order valence-electron chi connectivity index (χ2n) is 2.86. The first-order valence-corrected chi connectivity index (χ1v) is 5.22. The summed E-state index contributed by atoms with van der Waals surface area (Å²) in [7, 11) is 0. The highest BCUT2D eigenvalue weighted by Crippen LogP contribution is 2.09. The van der Waals surface area contributed by atoms with Crippen molar-refractivity contribution in [1.29, 1.82) is 0 Å². The smallest absolute Gasteiger partial charge is 0.115 e. The number of hydrogen-bond acceptors (Lipinski definition) is 1. The molecule has 0 aliphatic rings. The third-order valence-electron chi connectivity index (χ3n) is 1.75. The Bertz CT molecular complexity index is 247. The van der Waals surface area contributed by atoms with Gasteiger partial charge in [-0.25, -0.2) is 4.39 Å². The monoisotopic (exact) mass is 235 g/mol. The van der Waals surface area contributed by atoms with Crippen molar-refractivity contribution in [2.45, 2.75) is 20.5 Å². The van der Waals surface area contributed by atoms with Gasteiger partial charge in [0.05, 0.1) is 0 Å². The van der Waals surface area contributed by atoms with Gasteiger partial charge in [-0.3, -0.25) is 0 Å². The number of rotatable bonds is 3. The number of alkyl halides is 1. The summed E-state index contributed by atoms with van der Waals surface area (Å²) in [4.78, 5) is 0. The van der Waals surface area contributed by atoms with E-state index >= 15 is 0 Å². The third kappa shape index (κ3) is 7.28. The standard InChI is InChI=1S/C7H6ClF.C4H10FN/c8-7-3-1-6(5-9)2-4-7;1-3-6(5)4-2/h1-4H,5H2;3-4H2,1-2H3. The number of halogens is 3. The van der Waals surface area contributed by atoms with E-state index in [1.807, 2.05) is 0 Å². The Morgan fingerprint density at radius 2 is 1.60 bits per heavy atom. The van der Waals surface area contributed by atoms with Gasteiger partial charge in [0.1, 0.15) is 6.67 Å². The molecule has 0 radical (unpaired) electrons. The first-order valence-electron chi connectivity index (χ1n) is 4.85. The van der Waals surface area contributed by atoms with Crippen molar-refractivity contribution in [2.75, 3.05) is 13.1 Å². The van der Waals surface area contributed by atoms with Crippen molar-refractivity contribution < 1.29 is 8.87 Å². The molecule has 1 aromatic carbocycles. The highest BCUT2D eigenvalue weighted by molar-refractivity contribution is 6.30. The lowest BCUT2D eigenvalue weighted by molar-refractivity contribution is 0.0389. The van der Waals surface area contributed by atoms with Crippen LogP contribution in [-0.4, -0.2) is 18.2 Å². The summed E-state index contributed by atoms with van der Waals surface area (Å²) in [5, 5.41) is 1.40. The van der Waals surface area contributed by atoms with Crippen molar-refractivity contribution in [2.24, 2.45) is 0 Å². The van der Waals surface area contributed by atoms with Gasteiger partial charge in [0.2, 0.25) is 0 Å². The topological polar surface area (TPSA) is 3.24 Å². The molecule has 15 heavy (non-hydrogen) atoms. The molecule has 1 aromatic rings. The molecule has 0 aliphatic carbocycles. The summed E-state index contributed by atoms with van der Waals surface area (Å²) >= 11 is 5.55. The third-order valence-corrected chi connectivity index (χ3v) is 2.01. The fraction of sp³-hybridized carbons (Fsp3) is 0.455. The van der Waals surface area contributed by atoms with Crippen LogP contribution in [0.3, 0.4) is 0 Å². The summed E-state index contributed by atoms with van der Waals surface area (Å²) in [5.41, 5.74) is 0.666. The van der Waals surface area contributed by atoms with Crippen molar-refractivity contribution in [3.8, 4) is 0 Å². The molecule has 0 spiro atoms. The Morgan fingerprint density at radius 3 is 1.87 bits per heavy atom. The second kappa shape index (κ2) is 8.62. The zero-order chi connectivity index (χ0) is 11.7. The zero-order valence-electron chi connectivity index (χ0n) is 9.01. The Morgan fingerprint density at radius 1 is 1.13 bits per heavy atom. The van der Waals surface area contributed by atoms with E-state index in [9.17, 15) is 8.87 Å². The van der Waals surface area contributed by atoms with Gasteiger partial charge < -0.3 is 0 Å². The van der Waals surface area contributed by atoms with E-state index < -0.39 is 6.67 Å². The maximum Gasteiger partial charge on any atom is 0.115 e. The molecule has 0 saturated heterocycles. The van der Waals surface area contributed by atoms with Gasteiger partial charge in [0.25, 0.3) is 0 Å². The van der Waals surface area contributed by atoms with Crippen molar-refractivity contribution >= 4 is 11.6 Å². The summed E-state index contributed by atoms with van der Waals surface area (Å²) in [6.45, 7) is 4.14. The molecule has 0 saturated carbocycles. The zero-order valence-corrected chi connectivity index (χ0v) is 9.77. The van der Waals surface area contributed by atoms with Crippen LogP contribution in [0.15, 0.2) is 24.3 Å². The van der Waals surface area contributed by atoms with Crippen LogP contribution in [0.25, 0.3) is 0 Å². The molecule has 86 valence electrons. The van der Waals surface area contributed by atoms with E-state index in [1.54, 1.807) is 38.1 Å². The summed E-state index contributed by atoms with van der Waals surface area (Å²) < 4.78 is 23.5. The second-order valence-corrected chi connectivity index (χ2v) is 3.29. The van der Waals surface area contributed by atoms with Gasteiger partial charge in [-0.2, -0.15) is 0 Å². The van der Waals surface area contributed by atoms with Crippen molar-refractivity contribution in [1.82, 2.24) is 5.12 Å². The van der Waals surface area contributed by atoms with Gasteiger partial charge in [0, 0.05) is 18.1 Å². The van der Waals surface area contributed by atoms with Gasteiger partial charge in [-0.15, -0.1) is 9.60 Å². The van der Waals surface area contributed by atoms with E-state index in [1.165, 1.54) is 0 Å². The van der Waals surface area contributed by atoms with Crippen LogP contribution in [0.2, 0.25) is 5.02 Å². The Hall–Kier alpha value is -0.670. The lowest BCUT2D eigenvalue weighted by atomic mass is 10.2. The lowest BCUT2D eigenvalue weighted by Gasteiger charge is -2.00. The van der Waals surface area contributed by atoms with Crippen LogP contribution in [0.1, 0.15) is 19.4 Å². The predicted molar refractivity (Wildman–Crippen MR) is 60.3 cm³/mol. The molecule has 0 heterocycles. The quantitative estimate of drug-likeness (QED) is 0.716. The largest absolute Gasteiger partial charge is 0.246 e. The molecular weight excluding hydrogens is 220 g/mol. The molecule has 0 atom stereocenters. The maximum atomic E-state index is 11.8. The molecule has 1 nitrogen and oxygen atoms in total. The fourth-order valence-electron chi connectivity index (χ4n) is 0.797. The van der Waals surface area contributed by atoms with Crippen LogP contribution in [0.4, 0.5) is 8.87 Å². The Kier molecular flexibility index (Phi) is 8.24. The Balaban J connectivity index is 0.000000288. The number of hydrogen-bond donors (Lipinski definition) is 0. The first kappa shape index (κ1) is 14.3. The molecule has 0 N–H and O–H groups in total. The van der Waals surface area contributed by atoms with Crippen molar-refractivity contribution in [3.05, 3.63) is 34.9 Å². The summed E-state index contributed by atoms with van der Waals surface area (Å²) in [6, 6.07) is 6.69. The minimum absolute atomic E-state index is 0.419. The minimum atomic E-state index is -0.419. The highest BCUT2D eigenvalue weighted by atomic mass is 35.5. The average Bonchev–Trinajstić information content (AvgIpc) is 2.30. The molecule has 0 amide bonds. The number of benzene rings is 1. The van der Waals surface area contributed by atoms with Crippen LogP contribution < -0.4 is 0 Å². The van der Waals surface area contributed by atoms with Crippen LogP contribution in [-0.2, 0) is 6.67 Å². The highest BCUT2D eigenvalue weighted by Gasteiger charge is 1.88. The normalized spacial score (nSPS) is 9.73. The lowest BCUT2D eigenvalue weighted by Crippen LogP contribution is -2.10. The van der Waals surface area contributed by atoms with Crippen LogP contribution in [0.5, 0.6) is 0 Å². The van der Waals surface area contributed by atoms with Gasteiger partial charge in [-0.05, 0) is 31.5 Å². The number of nitrogens with zero attached hydrogens (tertiary/aromatic N) is 1. The van der Waals surface area contributed by atoms with Crippen molar-refractivity contribution in [3.63, 3.8) is 0 Å². The predicted octanol–water partition coefficient (Wildman–Crippen LogP) is 4.02. The van der Waals surface area contributed by atoms with E-state index in [2.05, 4.69) is 0 Å². The average molecular weight is 236 g/mol. The molecule has 0 bridgehead atoms. The SMILES string of the molecule is CCN(F)CC.FCc1ccc(Cl)cc1. The Labute approximate surface area is 94.6 Å². The molecule has 0 aliphatic heterocycles. The van der Waals surface area contributed by atoms with Crippen LogP contribution in [0, 0.1) is 0 Å². The van der Waals surface area contributed by atoms with Gasteiger partial charge in [-0.1, -0.05) is 23.7 Å². The summed E-state index contributed by atoms with van der Waals surface area (Å²) in [6.07, 6.45) is 0. The summed E-state index contributed by atoms with van der Waals surface area (Å²) in [5.74, 6) is 0. The van der Waals surface area contributed by atoms with E-state index in [0.29, 0.717) is 23.7 Å². The van der Waals surface area contributed by atoms with E-state index in [4.69, 9.17) is 11.6 Å². The molecular formula is C11H16ClF2N. The maximum absolute atomic E-state index is 11.8. The minimum Gasteiger partial charge on any atom is -0.246 e.